The van der Waals surface area contributed by atoms with E-state index in [1.54, 1.807) is 0 Å². The first-order valence-electron chi connectivity index (χ1n) is 4.59. The molecular weight excluding hydrogens is 355 g/mol. The Hall–Kier alpha value is 0.390. The molecule has 0 radical (unpaired) electrons. The van der Waals surface area contributed by atoms with E-state index in [4.69, 9.17) is 4.74 Å². The van der Waals surface area contributed by atoms with Crippen LogP contribution in [0.4, 0.5) is 0 Å². The van der Waals surface area contributed by atoms with Gasteiger partial charge >= 0.3 is 0 Å². The maximum atomic E-state index is 5.81. The maximum Gasteiger partial charge on any atom is 0.100 e. The molecule has 0 aliphatic heterocycles. The summed E-state index contributed by atoms with van der Waals surface area (Å²) >= 11 is 5.92. The molecule has 0 saturated heterocycles. The first-order valence-corrected chi connectivity index (χ1v) is 6.91. The van der Waals surface area contributed by atoms with E-state index in [2.05, 4.69) is 57.6 Å². The maximum absolute atomic E-state index is 5.81. The van der Waals surface area contributed by atoms with Gasteiger partial charge in [0.15, 0.2) is 0 Å². The molecule has 3 heteroatoms. The van der Waals surface area contributed by atoms with Gasteiger partial charge in [-0.25, -0.2) is 0 Å². The van der Waals surface area contributed by atoms with Gasteiger partial charge in [-0.05, 0) is 25.5 Å². The van der Waals surface area contributed by atoms with Gasteiger partial charge < -0.3 is 4.74 Å². The molecular formula is C11H14BrIO. The summed E-state index contributed by atoms with van der Waals surface area (Å²) in [4.78, 5) is 0. The summed E-state index contributed by atoms with van der Waals surface area (Å²) < 4.78 is 7.87. The zero-order chi connectivity index (χ0) is 10.6. The van der Waals surface area contributed by atoms with E-state index in [0.717, 1.165) is 15.5 Å². The lowest BCUT2D eigenvalue weighted by atomic mass is 9.98. The highest BCUT2D eigenvalue weighted by atomic mass is 127. The van der Waals surface area contributed by atoms with Crippen LogP contribution in [0, 0.1) is 0 Å². The van der Waals surface area contributed by atoms with Crippen molar-refractivity contribution < 1.29 is 4.74 Å². The molecule has 1 aromatic rings. The van der Waals surface area contributed by atoms with Crippen molar-refractivity contribution in [1.82, 2.24) is 0 Å². The molecule has 0 N–H and O–H groups in total. The van der Waals surface area contributed by atoms with E-state index < -0.39 is 0 Å². The summed E-state index contributed by atoms with van der Waals surface area (Å²) in [5.74, 6) is 0. The fourth-order valence-corrected chi connectivity index (χ4v) is 2.73. The average Bonchev–Trinajstić information content (AvgIpc) is 2.18. The molecule has 14 heavy (non-hydrogen) atoms. The number of hydrogen-bond donors (Lipinski definition) is 0. The number of alkyl halides is 1. The zero-order valence-electron chi connectivity index (χ0n) is 8.39. The van der Waals surface area contributed by atoms with Crippen LogP contribution < -0.4 is 0 Å². The third-order valence-electron chi connectivity index (χ3n) is 2.16. The molecule has 0 aliphatic carbocycles. The highest BCUT2D eigenvalue weighted by molar-refractivity contribution is 14.1. The van der Waals surface area contributed by atoms with Crippen molar-refractivity contribution in [2.24, 2.45) is 0 Å². The number of benzene rings is 1. The van der Waals surface area contributed by atoms with Crippen LogP contribution in [-0.4, -0.2) is 11.0 Å². The molecule has 1 atom stereocenters. The van der Waals surface area contributed by atoms with Crippen molar-refractivity contribution in [3.05, 3.63) is 34.3 Å². The third kappa shape index (κ3) is 2.70. The lowest BCUT2D eigenvalue weighted by Gasteiger charge is -2.28. The topological polar surface area (TPSA) is 9.23 Å². The molecule has 0 heterocycles. The molecule has 0 fully saturated rings. The van der Waals surface area contributed by atoms with Crippen molar-refractivity contribution in [2.75, 3.05) is 11.0 Å². The quantitative estimate of drug-likeness (QED) is 0.573. The molecule has 0 saturated carbocycles. The summed E-state index contributed by atoms with van der Waals surface area (Å²) in [6, 6.07) is 8.23. The standard InChI is InChI=1S/C11H14BrIO/c1-3-14-11(2,8-13)9-6-4-5-7-10(9)12/h4-7H,3,8H2,1-2H3. The zero-order valence-corrected chi connectivity index (χ0v) is 12.1. The van der Waals surface area contributed by atoms with Crippen LogP contribution in [-0.2, 0) is 10.3 Å². The smallest absolute Gasteiger partial charge is 0.100 e. The van der Waals surface area contributed by atoms with Crippen LogP contribution in [0.25, 0.3) is 0 Å². The van der Waals surface area contributed by atoms with Crippen LogP contribution in [0.3, 0.4) is 0 Å². The Morgan fingerprint density at radius 2 is 2.07 bits per heavy atom. The summed E-state index contributed by atoms with van der Waals surface area (Å²) in [6.45, 7) is 4.89. The van der Waals surface area contributed by atoms with Crippen molar-refractivity contribution in [1.29, 1.82) is 0 Å². The molecule has 0 aromatic heterocycles. The summed E-state index contributed by atoms with van der Waals surface area (Å²) in [7, 11) is 0. The molecule has 1 unspecified atom stereocenters. The molecule has 1 nitrogen and oxygen atoms in total. The minimum absolute atomic E-state index is 0.185. The lowest BCUT2D eigenvalue weighted by Crippen LogP contribution is -2.28. The highest BCUT2D eigenvalue weighted by Crippen LogP contribution is 2.32. The normalized spacial score (nSPS) is 15.1. The van der Waals surface area contributed by atoms with E-state index in [-0.39, 0.29) is 5.60 Å². The second-order valence-electron chi connectivity index (χ2n) is 3.28. The molecule has 0 amide bonds. The van der Waals surface area contributed by atoms with Gasteiger partial charge in [0.2, 0.25) is 0 Å². The predicted octanol–water partition coefficient (Wildman–Crippen LogP) is 4.14. The molecule has 0 spiro atoms. The molecule has 1 rings (SSSR count). The highest BCUT2D eigenvalue weighted by Gasteiger charge is 2.27. The number of halogens is 2. The van der Waals surface area contributed by atoms with Crippen LogP contribution in [0.2, 0.25) is 0 Å². The van der Waals surface area contributed by atoms with Crippen LogP contribution in [0.1, 0.15) is 19.4 Å². The van der Waals surface area contributed by atoms with Gasteiger partial charge in [0, 0.05) is 15.5 Å². The van der Waals surface area contributed by atoms with E-state index in [9.17, 15) is 0 Å². The van der Waals surface area contributed by atoms with Crippen molar-refractivity contribution in [3.8, 4) is 0 Å². The van der Waals surface area contributed by atoms with Gasteiger partial charge in [-0.3, -0.25) is 0 Å². The van der Waals surface area contributed by atoms with Crippen molar-refractivity contribution in [3.63, 3.8) is 0 Å². The molecule has 78 valence electrons. The number of rotatable bonds is 4. The van der Waals surface area contributed by atoms with Gasteiger partial charge in [-0.2, -0.15) is 0 Å². The Bertz CT molecular complexity index is 303. The van der Waals surface area contributed by atoms with Gasteiger partial charge in [-0.1, -0.05) is 56.7 Å². The van der Waals surface area contributed by atoms with Crippen LogP contribution in [0.15, 0.2) is 28.7 Å². The summed E-state index contributed by atoms with van der Waals surface area (Å²) in [5.41, 5.74) is 1.03. The van der Waals surface area contributed by atoms with E-state index in [0.29, 0.717) is 0 Å². The van der Waals surface area contributed by atoms with Gasteiger partial charge in [0.25, 0.3) is 0 Å². The second-order valence-corrected chi connectivity index (χ2v) is 4.89. The summed E-state index contributed by atoms with van der Waals surface area (Å²) in [6.07, 6.45) is 0. The second kappa shape index (κ2) is 5.47. The fourth-order valence-electron chi connectivity index (χ4n) is 1.40. The third-order valence-corrected chi connectivity index (χ3v) is 4.31. The minimum Gasteiger partial charge on any atom is -0.370 e. The Labute approximate surface area is 107 Å². The fraction of sp³-hybridized carbons (Fsp3) is 0.455. The van der Waals surface area contributed by atoms with Gasteiger partial charge in [0.1, 0.15) is 5.60 Å². The van der Waals surface area contributed by atoms with E-state index >= 15 is 0 Å². The van der Waals surface area contributed by atoms with Gasteiger partial charge in [-0.15, -0.1) is 0 Å². The van der Waals surface area contributed by atoms with E-state index in [1.165, 1.54) is 5.56 Å². The molecule has 0 bridgehead atoms. The monoisotopic (exact) mass is 368 g/mol. The first-order chi connectivity index (χ1) is 6.64. The minimum atomic E-state index is -0.185. The van der Waals surface area contributed by atoms with Crippen LogP contribution >= 0.6 is 38.5 Å². The first kappa shape index (κ1) is 12.5. The lowest BCUT2D eigenvalue weighted by molar-refractivity contribution is -0.00807. The van der Waals surface area contributed by atoms with E-state index in [1.807, 2.05) is 19.1 Å². The molecule has 1 aromatic carbocycles. The van der Waals surface area contributed by atoms with Gasteiger partial charge in [0.05, 0.1) is 0 Å². The number of ether oxygens (including phenoxy) is 1. The SMILES string of the molecule is CCOC(C)(CI)c1ccccc1Br. The Morgan fingerprint density at radius 1 is 1.43 bits per heavy atom. The number of hydrogen-bond acceptors (Lipinski definition) is 1. The largest absolute Gasteiger partial charge is 0.370 e. The Morgan fingerprint density at radius 3 is 2.57 bits per heavy atom. The summed E-state index contributed by atoms with van der Waals surface area (Å²) in [5, 5.41) is 0. The van der Waals surface area contributed by atoms with Crippen molar-refractivity contribution >= 4 is 38.5 Å². The van der Waals surface area contributed by atoms with Crippen molar-refractivity contribution in [2.45, 2.75) is 19.4 Å². The Kier molecular flexibility index (Phi) is 4.87. The molecule has 0 aliphatic rings. The Balaban J connectivity index is 3.05. The average molecular weight is 369 g/mol. The van der Waals surface area contributed by atoms with Crippen LogP contribution in [0.5, 0.6) is 0 Å². The predicted molar refractivity (Wildman–Crippen MR) is 72.0 cm³/mol.